The largest absolute Gasteiger partial charge is 0.396 e. The number of anilines is 2. The number of aliphatic hydroxyl groups excluding tert-OH is 1. The monoisotopic (exact) mass is 330 g/mol. The zero-order valence-corrected chi connectivity index (χ0v) is 13.4. The van der Waals surface area contributed by atoms with Gasteiger partial charge in [0.15, 0.2) is 0 Å². The number of nitrogens with zero attached hydrogens (tertiary/aromatic N) is 2. The highest BCUT2D eigenvalue weighted by molar-refractivity contribution is 9.10. The van der Waals surface area contributed by atoms with Crippen LogP contribution in [0, 0.1) is 5.41 Å². The fourth-order valence-electron chi connectivity index (χ4n) is 1.70. The van der Waals surface area contributed by atoms with E-state index in [0.29, 0.717) is 5.95 Å². The lowest BCUT2D eigenvalue weighted by Crippen LogP contribution is -2.24. The standard InChI is InChI=1S/C13H23BrN4O/c1-4-15-12-16-8-10(14)11(18-12)17-9-13(2,3)6-5-7-19/h8,19H,4-7,9H2,1-3H3,(H2,15,16,17,18). The molecule has 1 aromatic rings. The lowest BCUT2D eigenvalue weighted by atomic mass is 9.88. The molecule has 1 rings (SSSR count). The van der Waals surface area contributed by atoms with E-state index in [2.05, 4.69) is 50.4 Å². The van der Waals surface area contributed by atoms with Crippen LogP contribution in [0.15, 0.2) is 10.7 Å². The van der Waals surface area contributed by atoms with E-state index in [0.717, 1.165) is 36.2 Å². The van der Waals surface area contributed by atoms with Gasteiger partial charge in [0.2, 0.25) is 5.95 Å². The average molecular weight is 331 g/mol. The zero-order valence-electron chi connectivity index (χ0n) is 11.8. The molecule has 0 aliphatic rings. The second kappa shape index (κ2) is 7.65. The molecule has 108 valence electrons. The minimum atomic E-state index is 0.117. The molecule has 0 spiro atoms. The highest BCUT2D eigenvalue weighted by Gasteiger charge is 2.18. The van der Waals surface area contributed by atoms with Gasteiger partial charge in [-0.25, -0.2) is 4.98 Å². The summed E-state index contributed by atoms with van der Waals surface area (Å²) in [4.78, 5) is 8.60. The summed E-state index contributed by atoms with van der Waals surface area (Å²) in [5.41, 5.74) is 0.117. The van der Waals surface area contributed by atoms with E-state index in [1.165, 1.54) is 0 Å². The van der Waals surface area contributed by atoms with Gasteiger partial charge in [0.25, 0.3) is 0 Å². The Balaban J connectivity index is 2.63. The van der Waals surface area contributed by atoms with Crippen molar-refractivity contribution < 1.29 is 5.11 Å². The number of hydrogen-bond donors (Lipinski definition) is 3. The van der Waals surface area contributed by atoms with Crippen LogP contribution in [0.1, 0.15) is 33.6 Å². The minimum absolute atomic E-state index is 0.117. The van der Waals surface area contributed by atoms with Gasteiger partial charge in [0.1, 0.15) is 5.82 Å². The summed E-state index contributed by atoms with van der Waals surface area (Å²) >= 11 is 3.45. The molecule has 0 radical (unpaired) electrons. The van der Waals surface area contributed by atoms with Gasteiger partial charge in [-0.1, -0.05) is 13.8 Å². The smallest absolute Gasteiger partial charge is 0.224 e. The Labute approximate surface area is 123 Å². The zero-order chi connectivity index (χ0) is 14.3. The Kier molecular flexibility index (Phi) is 6.51. The van der Waals surface area contributed by atoms with Gasteiger partial charge in [-0.3, -0.25) is 0 Å². The Morgan fingerprint density at radius 3 is 2.74 bits per heavy atom. The van der Waals surface area contributed by atoms with Gasteiger partial charge >= 0.3 is 0 Å². The molecule has 0 saturated heterocycles. The number of halogens is 1. The summed E-state index contributed by atoms with van der Waals surface area (Å²) in [5, 5.41) is 15.3. The first-order chi connectivity index (χ1) is 8.98. The highest BCUT2D eigenvalue weighted by Crippen LogP contribution is 2.25. The molecule has 0 amide bonds. The number of hydrogen-bond acceptors (Lipinski definition) is 5. The van der Waals surface area contributed by atoms with Crippen LogP contribution in [0.5, 0.6) is 0 Å². The van der Waals surface area contributed by atoms with Crippen LogP contribution < -0.4 is 10.6 Å². The maximum atomic E-state index is 8.90. The normalized spacial score (nSPS) is 11.4. The van der Waals surface area contributed by atoms with Crippen molar-refractivity contribution in [2.75, 3.05) is 30.3 Å². The molecule has 5 nitrogen and oxygen atoms in total. The Morgan fingerprint density at radius 2 is 2.11 bits per heavy atom. The molecule has 1 heterocycles. The second-order valence-electron chi connectivity index (χ2n) is 5.27. The predicted octanol–water partition coefficient (Wildman–Crippen LogP) is 2.88. The van der Waals surface area contributed by atoms with Crippen LogP contribution in [0.25, 0.3) is 0 Å². The molecule has 0 fully saturated rings. The average Bonchev–Trinajstić information content (AvgIpc) is 2.37. The molecule has 6 heteroatoms. The summed E-state index contributed by atoms with van der Waals surface area (Å²) in [7, 11) is 0. The quantitative estimate of drug-likeness (QED) is 0.683. The molecule has 0 bridgehead atoms. The lowest BCUT2D eigenvalue weighted by Gasteiger charge is -2.25. The molecular formula is C13H23BrN4O. The molecule has 19 heavy (non-hydrogen) atoms. The fraction of sp³-hybridized carbons (Fsp3) is 0.692. The first-order valence-corrected chi connectivity index (χ1v) is 7.39. The Morgan fingerprint density at radius 1 is 1.37 bits per heavy atom. The first-order valence-electron chi connectivity index (χ1n) is 6.59. The summed E-state index contributed by atoms with van der Waals surface area (Å²) in [6, 6.07) is 0. The van der Waals surface area contributed by atoms with Crippen LogP contribution >= 0.6 is 15.9 Å². The van der Waals surface area contributed by atoms with E-state index < -0.39 is 0 Å². The summed E-state index contributed by atoms with van der Waals surface area (Å²) in [6.45, 7) is 8.20. The summed E-state index contributed by atoms with van der Waals surface area (Å²) in [5.74, 6) is 1.42. The Hall–Kier alpha value is -0.880. The summed E-state index contributed by atoms with van der Waals surface area (Å²) < 4.78 is 0.854. The molecule has 0 saturated carbocycles. The first kappa shape index (κ1) is 16.2. The van der Waals surface area contributed by atoms with Gasteiger partial charge in [0, 0.05) is 25.9 Å². The number of rotatable bonds is 8. The molecule has 0 aromatic carbocycles. The van der Waals surface area contributed by atoms with Crippen molar-refractivity contribution in [1.29, 1.82) is 0 Å². The van der Waals surface area contributed by atoms with Gasteiger partial charge in [-0.15, -0.1) is 0 Å². The molecule has 1 aromatic heterocycles. The van der Waals surface area contributed by atoms with Crippen molar-refractivity contribution in [3.63, 3.8) is 0 Å². The topological polar surface area (TPSA) is 70.1 Å². The van der Waals surface area contributed by atoms with Crippen LogP contribution in [-0.2, 0) is 0 Å². The molecule has 3 N–H and O–H groups in total. The predicted molar refractivity (Wildman–Crippen MR) is 82.5 cm³/mol. The van der Waals surface area contributed by atoms with Crippen molar-refractivity contribution in [3.8, 4) is 0 Å². The van der Waals surface area contributed by atoms with Gasteiger partial charge in [-0.05, 0) is 41.1 Å². The third-order valence-corrected chi connectivity index (χ3v) is 3.41. The maximum absolute atomic E-state index is 8.90. The van der Waals surface area contributed by atoms with Crippen LogP contribution in [0.4, 0.5) is 11.8 Å². The van der Waals surface area contributed by atoms with Crippen LogP contribution in [-0.4, -0.2) is 34.8 Å². The minimum Gasteiger partial charge on any atom is -0.396 e. The fourth-order valence-corrected chi connectivity index (χ4v) is 2.03. The van der Waals surface area contributed by atoms with Gasteiger partial charge < -0.3 is 15.7 Å². The number of nitrogens with one attached hydrogen (secondary N) is 2. The Bertz CT molecular complexity index is 398. The van der Waals surface area contributed by atoms with Crippen molar-refractivity contribution in [1.82, 2.24) is 9.97 Å². The molecule has 0 atom stereocenters. The van der Waals surface area contributed by atoms with E-state index in [1.54, 1.807) is 6.20 Å². The van der Waals surface area contributed by atoms with Gasteiger partial charge in [-0.2, -0.15) is 4.98 Å². The van der Waals surface area contributed by atoms with E-state index in [-0.39, 0.29) is 12.0 Å². The van der Waals surface area contributed by atoms with E-state index in [1.807, 2.05) is 6.92 Å². The molecule has 0 unspecified atom stereocenters. The van der Waals surface area contributed by atoms with Crippen LogP contribution in [0.2, 0.25) is 0 Å². The van der Waals surface area contributed by atoms with Crippen molar-refractivity contribution in [2.24, 2.45) is 5.41 Å². The molecule has 0 aliphatic carbocycles. The molecular weight excluding hydrogens is 308 g/mol. The maximum Gasteiger partial charge on any atom is 0.224 e. The van der Waals surface area contributed by atoms with Crippen molar-refractivity contribution >= 4 is 27.7 Å². The summed E-state index contributed by atoms with van der Waals surface area (Å²) in [6.07, 6.45) is 3.54. The highest BCUT2D eigenvalue weighted by atomic mass is 79.9. The van der Waals surface area contributed by atoms with Gasteiger partial charge in [0.05, 0.1) is 4.47 Å². The second-order valence-corrected chi connectivity index (χ2v) is 6.12. The third kappa shape index (κ3) is 5.74. The van der Waals surface area contributed by atoms with E-state index in [9.17, 15) is 0 Å². The number of aromatic nitrogens is 2. The van der Waals surface area contributed by atoms with E-state index >= 15 is 0 Å². The van der Waals surface area contributed by atoms with Crippen LogP contribution in [0.3, 0.4) is 0 Å². The number of aliphatic hydroxyl groups is 1. The van der Waals surface area contributed by atoms with Crippen molar-refractivity contribution in [3.05, 3.63) is 10.7 Å². The molecule has 0 aliphatic heterocycles. The third-order valence-electron chi connectivity index (χ3n) is 2.83. The van der Waals surface area contributed by atoms with E-state index in [4.69, 9.17) is 5.11 Å². The van der Waals surface area contributed by atoms with Crippen molar-refractivity contribution in [2.45, 2.75) is 33.6 Å². The SMILES string of the molecule is CCNc1ncc(Br)c(NCC(C)(C)CCCO)n1. The lowest BCUT2D eigenvalue weighted by molar-refractivity contribution is 0.248.